The van der Waals surface area contributed by atoms with Gasteiger partial charge in [0, 0.05) is 10.5 Å². The predicted octanol–water partition coefficient (Wildman–Crippen LogP) is 4.08. The smallest absolute Gasteiger partial charge is 0.412 e. The molecular weight excluding hydrogens is 320 g/mol. The summed E-state index contributed by atoms with van der Waals surface area (Å²) >= 11 is 3.42. The second-order valence-corrected chi connectivity index (χ2v) is 6.81. The van der Waals surface area contributed by atoms with Crippen LogP contribution in [0, 0.1) is 0 Å². The second kappa shape index (κ2) is 7.09. The average molecular weight is 343 g/mol. The molecule has 0 fully saturated rings. The first-order chi connectivity index (χ1) is 9.17. The van der Waals surface area contributed by atoms with E-state index in [1.807, 2.05) is 45.9 Å². The number of nitrogens with one attached hydrogen (secondary N) is 1. The summed E-state index contributed by atoms with van der Waals surface area (Å²) in [7, 11) is 0. The number of rotatable bonds is 4. The third-order valence-electron chi connectivity index (χ3n) is 2.55. The van der Waals surface area contributed by atoms with Crippen LogP contribution in [-0.2, 0) is 11.2 Å². The molecule has 0 aliphatic rings. The zero-order valence-corrected chi connectivity index (χ0v) is 14.1. The molecule has 0 bridgehead atoms. The SMILES string of the molecule is C[C@@H](N)CCc1ccc(Br)c(NC(=O)OC(C)(C)C)c1. The van der Waals surface area contributed by atoms with Gasteiger partial charge in [-0.2, -0.15) is 0 Å². The normalized spacial score (nSPS) is 12.9. The molecular formula is C15H23BrN2O2. The molecule has 4 nitrogen and oxygen atoms in total. The van der Waals surface area contributed by atoms with E-state index < -0.39 is 11.7 Å². The van der Waals surface area contributed by atoms with E-state index in [9.17, 15) is 4.79 Å². The Hall–Kier alpha value is -1.07. The number of carbonyl (C=O) groups is 1. The van der Waals surface area contributed by atoms with Crippen LogP contribution in [-0.4, -0.2) is 17.7 Å². The highest BCUT2D eigenvalue weighted by atomic mass is 79.9. The van der Waals surface area contributed by atoms with Crippen molar-refractivity contribution in [1.29, 1.82) is 0 Å². The van der Waals surface area contributed by atoms with Crippen molar-refractivity contribution in [3.05, 3.63) is 28.2 Å². The molecule has 0 heterocycles. The fourth-order valence-corrected chi connectivity index (χ4v) is 1.98. The van der Waals surface area contributed by atoms with Crippen LogP contribution in [0.1, 0.15) is 39.7 Å². The van der Waals surface area contributed by atoms with Gasteiger partial charge in [0.15, 0.2) is 0 Å². The van der Waals surface area contributed by atoms with Crippen molar-refractivity contribution in [3.63, 3.8) is 0 Å². The van der Waals surface area contributed by atoms with Crippen molar-refractivity contribution in [3.8, 4) is 0 Å². The number of carbonyl (C=O) groups excluding carboxylic acids is 1. The van der Waals surface area contributed by atoms with Gasteiger partial charge in [0.2, 0.25) is 0 Å². The van der Waals surface area contributed by atoms with Crippen molar-refractivity contribution in [2.24, 2.45) is 5.73 Å². The Bertz CT molecular complexity index is 467. The summed E-state index contributed by atoms with van der Waals surface area (Å²) in [5, 5.41) is 2.76. The first kappa shape index (κ1) is 17.0. The van der Waals surface area contributed by atoms with E-state index in [0.29, 0.717) is 5.69 Å². The van der Waals surface area contributed by atoms with Gasteiger partial charge in [-0.05, 0) is 74.2 Å². The molecule has 0 unspecified atom stereocenters. The zero-order valence-electron chi connectivity index (χ0n) is 12.5. The Balaban J connectivity index is 2.73. The lowest BCUT2D eigenvalue weighted by Crippen LogP contribution is -2.27. The molecule has 1 amide bonds. The Morgan fingerprint density at radius 2 is 2.10 bits per heavy atom. The maximum Gasteiger partial charge on any atom is 0.412 e. The second-order valence-electron chi connectivity index (χ2n) is 5.96. The number of ether oxygens (including phenoxy) is 1. The third kappa shape index (κ3) is 6.39. The van der Waals surface area contributed by atoms with Crippen molar-refractivity contribution < 1.29 is 9.53 Å². The lowest BCUT2D eigenvalue weighted by atomic mass is 10.1. The van der Waals surface area contributed by atoms with E-state index in [2.05, 4.69) is 21.2 Å². The molecule has 0 saturated carbocycles. The van der Waals surface area contributed by atoms with E-state index in [0.717, 1.165) is 22.9 Å². The van der Waals surface area contributed by atoms with Crippen LogP contribution in [0.25, 0.3) is 0 Å². The summed E-state index contributed by atoms with van der Waals surface area (Å²) in [4.78, 5) is 11.8. The molecule has 1 rings (SSSR count). The highest BCUT2D eigenvalue weighted by Crippen LogP contribution is 2.25. The Kier molecular flexibility index (Phi) is 6.02. The summed E-state index contributed by atoms with van der Waals surface area (Å²) < 4.78 is 6.07. The Morgan fingerprint density at radius 3 is 2.65 bits per heavy atom. The minimum absolute atomic E-state index is 0.168. The van der Waals surface area contributed by atoms with Gasteiger partial charge in [-0.1, -0.05) is 6.07 Å². The van der Waals surface area contributed by atoms with Gasteiger partial charge < -0.3 is 10.5 Å². The standard InChI is InChI=1S/C15H23BrN2O2/c1-10(17)5-6-11-7-8-12(16)13(9-11)18-14(19)20-15(2,3)4/h7-10H,5-6,17H2,1-4H3,(H,18,19)/t10-/m1/s1. The summed E-state index contributed by atoms with van der Waals surface area (Å²) in [6, 6.07) is 6.05. The molecule has 0 aliphatic carbocycles. The quantitative estimate of drug-likeness (QED) is 0.866. The number of halogens is 1. The molecule has 1 aromatic carbocycles. The number of hydrogen-bond donors (Lipinski definition) is 2. The summed E-state index contributed by atoms with van der Waals surface area (Å²) in [6.07, 6.45) is 1.34. The summed E-state index contributed by atoms with van der Waals surface area (Å²) in [6.45, 7) is 7.49. The van der Waals surface area contributed by atoms with E-state index in [1.54, 1.807) is 0 Å². The first-order valence-electron chi connectivity index (χ1n) is 6.71. The molecule has 0 aromatic heterocycles. The van der Waals surface area contributed by atoms with E-state index in [-0.39, 0.29) is 6.04 Å². The summed E-state index contributed by atoms with van der Waals surface area (Å²) in [5.74, 6) is 0. The van der Waals surface area contributed by atoms with E-state index in [4.69, 9.17) is 10.5 Å². The number of anilines is 1. The lowest BCUT2D eigenvalue weighted by Gasteiger charge is -2.20. The van der Waals surface area contributed by atoms with Crippen LogP contribution in [0.3, 0.4) is 0 Å². The van der Waals surface area contributed by atoms with Gasteiger partial charge in [0.25, 0.3) is 0 Å². The van der Waals surface area contributed by atoms with Crippen molar-refractivity contribution >= 4 is 27.7 Å². The lowest BCUT2D eigenvalue weighted by molar-refractivity contribution is 0.0636. The topological polar surface area (TPSA) is 64.3 Å². The van der Waals surface area contributed by atoms with Crippen LogP contribution < -0.4 is 11.1 Å². The van der Waals surface area contributed by atoms with Crippen LogP contribution in [0.15, 0.2) is 22.7 Å². The fourth-order valence-electron chi connectivity index (χ4n) is 1.63. The number of amides is 1. The van der Waals surface area contributed by atoms with Crippen LogP contribution in [0.4, 0.5) is 10.5 Å². The largest absolute Gasteiger partial charge is 0.444 e. The van der Waals surface area contributed by atoms with Gasteiger partial charge in [0.1, 0.15) is 5.60 Å². The Labute approximate surface area is 129 Å². The zero-order chi connectivity index (χ0) is 15.3. The molecule has 112 valence electrons. The Morgan fingerprint density at radius 1 is 1.45 bits per heavy atom. The van der Waals surface area contributed by atoms with Crippen molar-refractivity contribution in [2.75, 3.05) is 5.32 Å². The molecule has 20 heavy (non-hydrogen) atoms. The molecule has 0 saturated heterocycles. The number of nitrogens with two attached hydrogens (primary N) is 1. The molecule has 1 atom stereocenters. The van der Waals surface area contributed by atoms with Crippen molar-refractivity contribution in [2.45, 2.75) is 52.2 Å². The average Bonchev–Trinajstić information content (AvgIpc) is 2.27. The van der Waals surface area contributed by atoms with Gasteiger partial charge >= 0.3 is 6.09 Å². The third-order valence-corrected chi connectivity index (χ3v) is 3.25. The highest BCUT2D eigenvalue weighted by molar-refractivity contribution is 9.10. The maximum absolute atomic E-state index is 11.8. The molecule has 5 heteroatoms. The van der Waals surface area contributed by atoms with E-state index in [1.165, 1.54) is 0 Å². The minimum Gasteiger partial charge on any atom is -0.444 e. The molecule has 1 aromatic rings. The first-order valence-corrected chi connectivity index (χ1v) is 7.50. The van der Waals surface area contributed by atoms with Crippen LogP contribution >= 0.6 is 15.9 Å². The minimum atomic E-state index is -0.511. The van der Waals surface area contributed by atoms with Gasteiger partial charge in [0.05, 0.1) is 5.69 Å². The molecule has 0 radical (unpaired) electrons. The van der Waals surface area contributed by atoms with Gasteiger partial charge in [-0.3, -0.25) is 5.32 Å². The number of aryl methyl sites for hydroxylation is 1. The molecule has 0 aliphatic heterocycles. The highest BCUT2D eigenvalue weighted by Gasteiger charge is 2.17. The van der Waals surface area contributed by atoms with Crippen LogP contribution in [0.2, 0.25) is 0 Å². The van der Waals surface area contributed by atoms with E-state index >= 15 is 0 Å². The monoisotopic (exact) mass is 342 g/mol. The van der Waals surface area contributed by atoms with Crippen LogP contribution in [0.5, 0.6) is 0 Å². The van der Waals surface area contributed by atoms with Crippen molar-refractivity contribution in [1.82, 2.24) is 0 Å². The maximum atomic E-state index is 11.8. The summed E-state index contributed by atoms with van der Waals surface area (Å²) in [5.41, 5.74) is 7.09. The number of hydrogen-bond acceptors (Lipinski definition) is 3. The predicted molar refractivity (Wildman–Crippen MR) is 86.0 cm³/mol. The van der Waals surface area contributed by atoms with Gasteiger partial charge in [-0.25, -0.2) is 4.79 Å². The number of benzene rings is 1. The molecule has 0 spiro atoms. The molecule has 3 N–H and O–H groups in total. The fraction of sp³-hybridized carbons (Fsp3) is 0.533. The van der Waals surface area contributed by atoms with Gasteiger partial charge in [-0.15, -0.1) is 0 Å².